The summed E-state index contributed by atoms with van der Waals surface area (Å²) >= 11 is 5.85. The van der Waals surface area contributed by atoms with Crippen LogP contribution in [0, 0.1) is 0 Å². The lowest BCUT2D eigenvalue weighted by atomic mass is 10.2. The molecular formula is C12H15ClO2. The average molecular weight is 227 g/mol. The summed E-state index contributed by atoms with van der Waals surface area (Å²) < 4.78 is 5.64. The fourth-order valence-corrected chi connectivity index (χ4v) is 1.43. The van der Waals surface area contributed by atoms with E-state index < -0.39 is 0 Å². The van der Waals surface area contributed by atoms with E-state index in [0.29, 0.717) is 10.8 Å². The molecule has 0 aliphatic carbocycles. The molecule has 1 atom stereocenters. The van der Waals surface area contributed by atoms with E-state index in [1.807, 2.05) is 6.92 Å². The van der Waals surface area contributed by atoms with Gasteiger partial charge in [0.05, 0.1) is 12.7 Å². The minimum absolute atomic E-state index is 0.0336. The third-order valence-electron chi connectivity index (χ3n) is 2.03. The summed E-state index contributed by atoms with van der Waals surface area (Å²) in [6.45, 7) is 5.55. The van der Waals surface area contributed by atoms with Crippen LogP contribution in [0.1, 0.15) is 18.9 Å². The van der Waals surface area contributed by atoms with Gasteiger partial charge >= 0.3 is 0 Å². The van der Waals surface area contributed by atoms with Gasteiger partial charge in [0.25, 0.3) is 0 Å². The van der Waals surface area contributed by atoms with Gasteiger partial charge in [-0.15, -0.1) is 6.58 Å². The number of rotatable bonds is 5. The molecule has 1 aromatic carbocycles. The van der Waals surface area contributed by atoms with Crippen LogP contribution >= 0.6 is 11.6 Å². The standard InChI is InChI=1S/C12H15ClO2/c1-3-4-9(2)15-12-7-11(13)6-5-10(12)8-14/h3,5-7,9,14H,1,4,8H2,2H3. The lowest BCUT2D eigenvalue weighted by molar-refractivity contribution is 0.212. The molecule has 0 fully saturated rings. The largest absolute Gasteiger partial charge is 0.490 e. The van der Waals surface area contributed by atoms with E-state index in [0.717, 1.165) is 12.0 Å². The molecule has 1 rings (SSSR count). The maximum Gasteiger partial charge on any atom is 0.126 e. The van der Waals surface area contributed by atoms with E-state index in [4.69, 9.17) is 21.4 Å². The highest BCUT2D eigenvalue weighted by Crippen LogP contribution is 2.24. The van der Waals surface area contributed by atoms with E-state index in [2.05, 4.69) is 6.58 Å². The van der Waals surface area contributed by atoms with Crippen LogP contribution in [0.5, 0.6) is 5.75 Å². The number of ether oxygens (including phenoxy) is 1. The number of hydrogen-bond acceptors (Lipinski definition) is 2. The molecule has 0 aromatic heterocycles. The minimum atomic E-state index is -0.0483. The maximum atomic E-state index is 9.11. The molecule has 0 amide bonds. The molecule has 0 aliphatic heterocycles. The van der Waals surface area contributed by atoms with Crippen LogP contribution in [-0.2, 0) is 6.61 Å². The normalized spacial score (nSPS) is 12.2. The summed E-state index contributed by atoms with van der Waals surface area (Å²) in [6.07, 6.45) is 2.59. The second kappa shape index (κ2) is 5.79. The molecule has 0 saturated heterocycles. The zero-order chi connectivity index (χ0) is 11.3. The molecule has 0 heterocycles. The molecule has 0 bridgehead atoms. The van der Waals surface area contributed by atoms with Crippen LogP contribution in [0.4, 0.5) is 0 Å². The number of aliphatic hydroxyl groups is 1. The number of benzene rings is 1. The first kappa shape index (κ1) is 12.1. The first-order valence-electron chi connectivity index (χ1n) is 4.84. The van der Waals surface area contributed by atoms with Gasteiger partial charge in [-0.05, 0) is 19.1 Å². The molecule has 1 aromatic rings. The maximum absolute atomic E-state index is 9.11. The highest BCUT2D eigenvalue weighted by Gasteiger charge is 2.07. The molecule has 0 aliphatic rings. The first-order chi connectivity index (χ1) is 7.17. The van der Waals surface area contributed by atoms with Gasteiger partial charge in [-0.1, -0.05) is 23.7 Å². The Hall–Kier alpha value is -0.990. The molecule has 15 heavy (non-hydrogen) atoms. The molecule has 0 saturated carbocycles. The molecular weight excluding hydrogens is 212 g/mol. The Labute approximate surface area is 95.1 Å². The Morgan fingerprint density at radius 3 is 2.93 bits per heavy atom. The van der Waals surface area contributed by atoms with Gasteiger partial charge in [0.2, 0.25) is 0 Å². The number of hydrogen-bond donors (Lipinski definition) is 1. The van der Waals surface area contributed by atoms with Crippen molar-refractivity contribution >= 4 is 11.6 Å². The molecule has 1 N–H and O–H groups in total. The highest BCUT2D eigenvalue weighted by atomic mass is 35.5. The molecule has 1 unspecified atom stereocenters. The quantitative estimate of drug-likeness (QED) is 0.782. The lowest BCUT2D eigenvalue weighted by Gasteiger charge is -2.15. The highest BCUT2D eigenvalue weighted by molar-refractivity contribution is 6.30. The summed E-state index contributed by atoms with van der Waals surface area (Å²) in [7, 11) is 0. The minimum Gasteiger partial charge on any atom is -0.490 e. The third kappa shape index (κ3) is 3.57. The molecule has 0 radical (unpaired) electrons. The smallest absolute Gasteiger partial charge is 0.126 e. The van der Waals surface area contributed by atoms with Crippen molar-refractivity contribution in [1.29, 1.82) is 0 Å². The van der Waals surface area contributed by atoms with Gasteiger partial charge in [-0.25, -0.2) is 0 Å². The second-order valence-electron chi connectivity index (χ2n) is 3.36. The first-order valence-corrected chi connectivity index (χ1v) is 5.22. The summed E-state index contributed by atoms with van der Waals surface area (Å²) in [5, 5.41) is 9.71. The second-order valence-corrected chi connectivity index (χ2v) is 3.80. The van der Waals surface area contributed by atoms with E-state index >= 15 is 0 Å². The van der Waals surface area contributed by atoms with Crippen molar-refractivity contribution in [3.63, 3.8) is 0 Å². The molecule has 82 valence electrons. The van der Waals surface area contributed by atoms with Crippen molar-refractivity contribution in [2.24, 2.45) is 0 Å². The zero-order valence-electron chi connectivity index (χ0n) is 8.74. The zero-order valence-corrected chi connectivity index (χ0v) is 9.50. The van der Waals surface area contributed by atoms with E-state index in [1.54, 1.807) is 24.3 Å². The van der Waals surface area contributed by atoms with Crippen LogP contribution in [0.25, 0.3) is 0 Å². The Bertz CT molecular complexity index is 336. The van der Waals surface area contributed by atoms with Gasteiger partial charge in [0.1, 0.15) is 5.75 Å². The van der Waals surface area contributed by atoms with Crippen molar-refractivity contribution in [2.75, 3.05) is 0 Å². The van der Waals surface area contributed by atoms with Gasteiger partial charge in [0.15, 0.2) is 0 Å². The van der Waals surface area contributed by atoms with Crippen LogP contribution < -0.4 is 4.74 Å². The van der Waals surface area contributed by atoms with Crippen LogP contribution in [0.3, 0.4) is 0 Å². The van der Waals surface area contributed by atoms with Gasteiger partial charge in [-0.3, -0.25) is 0 Å². The van der Waals surface area contributed by atoms with Gasteiger partial charge in [-0.2, -0.15) is 0 Å². The summed E-state index contributed by atoms with van der Waals surface area (Å²) in [5.41, 5.74) is 0.746. The Balaban J connectivity index is 2.81. The number of aliphatic hydroxyl groups excluding tert-OH is 1. The SMILES string of the molecule is C=CCC(C)Oc1cc(Cl)ccc1CO. The van der Waals surface area contributed by atoms with Gasteiger partial charge in [0, 0.05) is 17.0 Å². The van der Waals surface area contributed by atoms with E-state index in [1.165, 1.54) is 0 Å². The van der Waals surface area contributed by atoms with Crippen molar-refractivity contribution in [1.82, 2.24) is 0 Å². The topological polar surface area (TPSA) is 29.5 Å². The van der Waals surface area contributed by atoms with E-state index in [9.17, 15) is 0 Å². The number of halogens is 1. The van der Waals surface area contributed by atoms with Crippen molar-refractivity contribution in [3.05, 3.63) is 41.4 Å². The third-order valence-corrected chi connectivity index (χ3v) is 2.26. The summed E-state index contributed by atoms with van der Waals surface area (Å²) in [6, 6.07) is 5.21. The summed E-state index contributed by atoms with van der Waals surface area (Å²) in [4.78, 5) is 0. The fraction of sp³-hybridized carbons (Fsp3) is 0.333. The van der Waals surface area contributed by atoms with Crippen LogP contribution in [-0.4, -0.2) is 11.2 Å². The predicted molar refractivity (Wildman–Crippen MR) is 62.3 cm³/mol. The van der Waals surface area contributed by atoms with E-state index in [-0.39, 0.29) is 12.7 Å². The average Bonchev–Trinajstić information content (AvgIpc) is 2.18. The van der Waals surface area contributed by atoms with Crippen molar-refractivity contribution in [2.45, 2.75) is 26.1 Å². The van der Waals surface area contributed by atoms with Crippen LogP contribution in [0.15, 0.2) is 30.9 Å². The molecule has 3 heteroatoms. The fourth-order valence-electron chi connectivity index (χ4n) is 1.27. The molecule has 2 nitrogen and oxygen atoms in total. The Kier molecular flexibility index (Phi) is 4.66. The Morgan fingerprint density at radius 2 is 2.33 bits per heavy atom. The van der Waals surface area contributed by atoms with Crippen LogP contribution in [0.2, 0.25) is 5.02 Å². The monoisotopic (exact) mass is 226 g/mol. The Morgan fingerprint density at radius 1 is 1.60 bits per heavy atom. The lowest BCUT2D eigenvalue weighted by Crippen LogP contribution is -2.11. The van der Waals surface area contributed by atoms with Gasteiger partial charge < -0.3 is 9.84 Å². The van der Waals surface area contributed by atoms with Crippen molar-refractivity contribution in [3.8, 4) is 5.75 Å². The molecule has 0 spiro atoms. The predicted octanol–water partition coefficient (Wildman–Crippen LogP) is 3.18. The summed E-state index contributed by atoms with van der Waals surface area (Å²) in [5.74, 6) is 0.638. The van der Waals surface area contributed by atoms with Crippen molar-refractivity contribution < 1.29 is 9.84 Å².